The van der Waals surface area contributed by atoms with Crippen molar-refractivity contribution in [3.8, 4) is 0 Å². The van der Waals surface area contributed by atoms with Gasteiger partial charge in [0.1, 0.15) is 0 Å². The van der Waals surface area contributed by atoms with Crippen LogP contribution < -0.4 is 5.32 Å². The van der Waals surface area contributed by atoms with Gasteiger partial charge in [0.15, 0.2) is 0 Å². The molecule has 0 aliphatic heterocycles. The van der Waals surface area contributed by atoms with Crippen molar-refractivity contribution in [1.82, 2.24) is 10.2 Å². The Morgan fingerprint density at radius 1 is 1.26 bits per heavy atom. The second kappa shape index (κ2) is 7.66. The first-order valence-corrected chi connectivity index (χ1v) is 6.20. The molecular formula is C14H20N2O3. The number of benzene rings is 1. The van der Waals surface area contributed by atoms with Crippen molar-refractivity contribution in [3.05, 3.63) is 35.9 Å². The number of likely N-dealkylation sites (N-methyl/N-ethyl adjacent to an activating group) is 1. The van der Waals surface area contributed by atoms with Gasteiger partial charge in [-0.3, -0.25) is 19.8 Å². The summed E-state index contributed by atoms with van der Waals surface area (Å²) in [7, 11) is 1.72. The van der Waals surface area contributed by atoms with E-state index in [1.807, 2.05) is 30.3 Å². The van der Waals surface area contributed by atoms with E-state index in [2.05, 4.69) is 5.32 Å². The first-order valence-electron chi connectivity index (χ1n) is 6.20. The van der Waals surface area contributed by atoms with Crippen molar-refractivity contribution in [2.24, 2.45) is 0 Å². The molecule has 1 aromatic carbocycles. The number of aliphatic hydroxyl groups is 1. The summed E-state index contributed by atoms with van der Waals surface area (Å²) in [6, 6.07) is 9.13. The number of hydrogen-bond acceptors (Lipinski definition) is 4. The maximum atomic E-state index is 11.6. The van der Waals surface area contributed by atoms with E-state index in [1.54, 1.807) is 18.9 Å². The lowest BCUT2D eigenvalue weighted by molar-refractivity contribution is -0.130. The molecule has 5 heteroatoms. The average molecular weight is 264 g/mol. The van der Waals surface area contributed by atoms with Crippen molar-refractivity contribution < 1.29 is 14.7 Å². The smallest absolute Gasteiger partial charge is 0.240 e. The Morgan fingerprint density at radius 3 is 2.47 bits per heavy atom. The van der Waals surface area contributed by atoms with E-state index in [-0.39, 0.29) is 37.4 Å². The molecule has 0 saturated heterocycles. The van der Waals surface area contributed by atoms with Crippen molar-refractivity contribution in [2.45, 2.75) is 19.4 Å². The number of carbonyl (C=O) groups excluding carboxylic acids is 2. The van der Waals surface area contributed by atoms with Crippen molar-refractivity contribution in [1.29, 1.82) is 0 Å². The summed E-state index contributed by atoms with van der Waals surface area (Å²) in [4.78, 5) is 24.9. The van der Waals surface area contributed by atoms with Crippen LogP contribution in [-0.4, -0.2) is 48.1 Å². The maximum absolute atomic E-state index is 11.6. The highest BCUT2D eigenvalue weighted by molar-refractivity contribution is 5.96. The number of nitrogens with one attached hydrogen (secondary N) is 1. The minimum absolute atomic E-state index is 0.0260. The van der Waals surface area contributed by atoms with Crippen LogP contribution in [0.15, 0.2) is 30.3 Å². The second-order valence-corrected chi connectivity index (χ2v) is 4.58. The van der Waals surface area contributed by atoms with Gasteiger partial charge in [-0.25, -0.2) is 0 Å². The fourth-order valence-electron chi connectivity index (χ4n) is 1.54. The summed E-state index contributed by atoms with van der Waals surface area (Å²) in [6.45, 7) is 1.86. The Hall–Kier alpha value is -1.72. The Labute approximate surface area is 113 Å². The van der Waals surface area contributed by atoms with Crippen LogP contribution in [0.4, 0.5) is 0 Å². The van der Waals surface area contributed by atoms with Gasteiger partial charge in [0, 0.05) is 6.04 Å². The van der Waals surface area contributed by atoms with Crippen LogP contribution in [-0.2, 0) is 16.0 Å². The zero-order valence-electron chi connectivity index (χ0n) is 11.3. The SMILES string of the molecule is CC(CO)N(C)CC(=O)NC(=O)Cc1ccccc1. The number of hydrogen-bond donors (Lipinski definition) is 2. The topological polar surface area (TPSA) is 69.6 Å². The molecule has 2 amide bonds. The lowest BCUT2D eigenvalue weighted by Crippen LogP contribution is -2.43. The summed E-state index contributed by atoms with van der Waals surface area (Å²) in [5.74, 6) is -0.676. The number of imide groups is 1. The lowest BCUT2D eigenvalue weighted by Gasteiger charge is -2.21. The predicted octanol–water partition coefficient (Wildman–Crippen LogP) is 0.185. The van der Waals surface area contributed by atoms with E-state index >= 15 is 0 Å². The molecule has 2 N–H and O–H groups in total. The number of nitrogens with zero attached hydrogens (tertiary/aromatic N) is 1. The van der Waals surface area contributed by atoms with Gasteiger partial charge in [-0.05, 0) is 19.5 Å². The lowest BCUT2D eigenvalue weighted by atomic mass is 10.1. The predicted molar refractivity (Wildman–Crippen MR) is 72.5 cm³/mol. The van der Waals surface area contributed by atoms with E-state index in [0.717, 1.165) is 5.56 Å². The van der Waals surface area contributed by atoms with E-state index < -0.39 is 0 Å². The van der Waals surface area contributed by atoms with Crippen LogP contribution in [0.25, 0.3) is 0 Å². The van der Waals surface area contributed by atoms with Crippen LogP contribution in [0.5, 0.6) is 0 Å². The third-order valence-corrected chi connectivity index (χ3v) is 2.90. The zero-order valence-corrected chi connectivity index (χ0v) is 11.3. The quantitative estimate of drug-likeness (QED) is 0.769. The summed E-state index contributed by atoms with van der Waals surface area (Å²) in [5, 5.41) is 11.3. The maximum Gasteiger partial charge on any atom is 0.240 e. The third kappa shape index (κ3) is 5.63. The van der Waals surface area contributed by atoms with E-state index in [0.29, 0.717) is 0 Å². The molecule has 0 aromatic heterocycles. The Morgan fingerprint density at radius 2 is 1.89 bits per heavy atom. The Bertz CT molecular complexity index is 420. The van der Waals surface area contributed by atoms with Crippen molar-refractivity contribution in [3.63, 3.8) is 0 Å². The van der Waals surface area contributed by atoms with E-state index in [1.165, 1.54) is 0 Å². The fraction of sp³-hybridized carbons (Fsp3) is 0.429. The summed E-state index contributed by atoms with van der Waals surface area (Å²) >= 11 is 0. The number of carbonyl (C=O) groups is 2. The highest BCUT2D eigenvalue weighted by Gasteiger charge is 2.14. The van der Waals surface area contributed by atoms with Gasteiger partial charge < -0.3 is 5.11 Å². The molecule has 0 fully saturated rings. The standard InChI is InChI=1S/C14H20N2O3/c1-11(10-17)16(2)9-14(19)15-13(18)8-12-6-4-3-5-7-12/h3-7,11,17H,8-10H2,1-2H3,(H,15,18,19). The van der Waals surface area contributed by atoms with Crippen LogP contribution in [0, 0.1) is 0 Å². The molecule has 1 unspecified atom stereocenters. The summed E-state index contributed by atoms with van der Waals surface area (Å²) in [6.07, 6.45) is 0.186. The van der Waals surface area contributed by atoms with E-state index in [9.17, 15) is 9.59 Å². The highest BCUT2D eigenvalue weighted by Crippen LogP contribution is 1.99. The van der Waals surface area contributed by atoms with Crippen LogP contribution in [0.3, 0.4) is 0 Å². The number of aliphatic hydroxyl groups excluding tert-OH is 1. The molecule has 19 heavy (non-hydrogen) atoms. The normalized spacial score (nSPS) is 12.2. The minimum atomic E-state index is -0.358. The van der Waals surface area contributed by atoms with E-state index in [4.69, 9.17) is 5.11 Å². The monoisotopic (exact) mass is 264 g/mol. The van der Waals surface area contributed by atoms with Crippen LogP contribution in [0.1, 0.15) is 12.5 Å². The van der Waals surface area contributed by atoms with Gasteiger partial charge in [-0.15, -0.1) is 0 Å². The molecule has 5 nitrogen and oxygen atoms in total. The molecule has 0 heterocycles. The van der Waals surface area contributed by atoms with Crippen LogP contribution in [0.2, 0.25) is 0 Å². The van der Waals surface area contributed by atoms with Gasteiger partial charge in [-0.1, -0.05) is 30.3 Å². The minimum Gasteiger partial charge on any atom is -0.395 e. The molecule has 0 aliphatic rings. The number of amides is 2. The second-order valence-electron chi connectivity index (χ2n) is 4.58. The molecule has 0 radical (unpaired) electrons. The number of rotatable bonds is 6. The summed E-state index contributed by atoms with van der Waals surface area (Å²) < 4.78 is 0. The molecule has 0 aliphatic carbocycles. The zero-order chi connectivity index (χ0) is 14.3. The van der Waals surface area contributed by atoms with Crippen LogP contribution >= 0.6 is 0 Å². The fourth-order valence-corrected chi connectivity index (χ4v) is 1.54. The third-order valence-electron chi connectivity index (χ3n) is 2.90. The van der Waals surface area contributed by atoms with Gasteiger partial charge in [0.25, 0.3) is 0 Å². The highest BCUT2D eigenvalue weighted by atomic mass is 16.3. The molecule has 0 saturated carbocycles. The largest absolute Gasteiger partial charge is 0.395 e. The first-order chi connectivity index (χ1) is 9.02. The Kier molecular flexibility index (Phi) is 6.18. The molecule has 1 rings (SSSR count). The van der Waals surface area contributed by atoms with Crippen molar-refractivity contribution >= 4 is 11.8 Å². The van der Waals surface area contributed by atoms with Gasteiger partial charge in [-0.2, -0.15) is 0 Å². The van der Waals surface area contributed by atoms with Gasteiger partial charge >= 0.3 is 0 Å². The van der Waals surface area contributed by atoms with Gasteiger partial charge in [0.2, 0.25) is 11.8 Å². The Balaban J connectivity index is 2.38. The molecule has 1 atom stereocenters. The molecule has 0 spiro atoms. The summed E-state index contributed by atoms with van der Waals surface area (Å²) in [5.41, 5.74) is 0.866. The molecule has 104 valence electrons. The molecule has 0 bridgehead atoms. The average Bonchev–Trinajstić information content (AvgIpc) is 2.38. The van der Waals surface area contributed by atoms with Gasteiger partial charge in [0.05, 0.1) is 19.6 Å². The van der Waals surface area contributed by atoms with Crippen molar-refractivity contribution in [2.75, 3.05) is 20.2 Å². The molecular weight excluding hydrogens is 244 g/mol. The first kappa shape index (κ1) is 15.3. The molecule has 1 aromatic rings.